The van der Waals surface area contributed by atoms with Crippen LogP contribution >= 0.6 is 0 Å². The highest BCUT2D eigenvalue weighted by atomic mass is 16.4. The Bertz CT molecular complexity index is 743. The summed E-state index contributed by atoms with van der Waals surface area (Å²) in [6.45, 7) is 0.0876. The molecular weight excluding hydrogens is 270 g/mol. The molecule has 0 saturated carbocycles. The lowest BCUT2D eigenvalue weighted by molar-refractivity contribution is -0.115. The maximum absolute atomic E-state index is 11.8. The fourth-order valence-electron chi connectivity index (χ4n) is 2.36. The van der Waals surface area contributed by atoms with Gasteiger partial charge < -0.3 is 21.1 Å². The molecule has 3 rings (SSSR count). The number of nitrogen functional groups attached to an aromatic ring is 1. The Morgan fingerprint density at radius 2 is 1.95 bits per heavy atom. The van der Waals surface area contributed by atoms with E-state index in [1.54, 1.807) is 11.0 Å². The van der Waals surface area contributed by atoms with Crippen LogP contribution in [-0.4, -0.2) is 23.5 Å². The number of carboxylic acids is 1. The smallest absolute Gasteiger partial charge is 0.335 e. The summed E-state index contributed by atoms with van der Waals surface area (Å²) in [5, 5.41) is 11.9. The number of fused-ring (bicyclic) bond motifs is 1. The van der Waals surface area contributed by atoms with Gasteiger partial charge in [-0.3, -0.25) is 4.79 Å². The van der Waals surface area contributed by atoms with Gasteiger partial charge in [-0.05, 0) is 30.3 Å². The summed E-state index contributed by atoms with van der Waals surface area (Å²) in [7, 11) is 0. The molecule has 0 aliphatic carbocycles. The Morgan fingerprint density at radius 3 is 2.71 bits per heavy atom. The molecule has 0 radical (unpaired) electrons. The summed E-state index contributed by atoms with van der Waals surface area (Å²) in [5.74, 6) is -1.21. The van der Waals surface area contributed by atoms with Gasteiger partial charge in [0.25, 0.3) is 0 Å². The predicted molar refractivity (Wildman–Crippen MR) is 79.9 cm³/mol. The van der Waals surface area contributed by atoms with Crippen molar-refractivity contribution < 1.29 is 14.7 Å². The molecule has 1 heterocycles. The summed E-state index contributed by atoms with van der Waals surface area (Å²) in [4.78, 5) is 24.7. The van der Waals surface area contributed by atoms with Gasteiger partial charge in [0.1, 0.15) is 6.54 Å². The largest absolute Gasteiger partial charge is 0.478 e. The van der Waals surface area contributed by atoms with Gasteiger partial charge in [0.05, 0.1) is 28.3 Å². The van der Waals surface area contributed by atoms with Crippen molar-refractivity contribution in [2.24, 2.45) is 0 Å². The van der Waals surface area contributed by atoms with E-state index in [0.29, 0.717) is 17.1 Å². The number of aromatic carboxylic acids is 1. The number of hydrogen-bond donors (Lipinski definition) is 3. The van der Waals surface area contributed by atoms with Crippen LogP contribution in [0, 0.1) is 0 Å². The number of rotatable bonds is 2. The first-order valence-electron chi connectivity index (χ1n) is 6.35. The minimum Gasteiger partial charge on any atom is -0.478 e. The van der Waals surface area contributed by atoms with Crippen molar-refractivity contribution in [3.8, 4) is 0 Å². The van der Waals surface area contributed by atoms with Crippen molar-refractivity contribution in [1.82, 2.24) is 0 Å². The van der Waals surface area contributed by atoms with E-state index in [0.717, 1.165) is 5.69 Å². The van der Waals surface area contributed by atoms with E-state index in [-0.39, 0.29) is 18.0 Å². The zero-order chi connectivity index (χ0) is 15.0. The number of hydrogen-bond acceptors (Lipinski definition) is 4. The van der Waals surface area contributed by atoms with Gasteiger partial charge in [0.15, 0.2) is 0 Å². The van der Waals surface area contributed by atoms with Crippen LogP contribution in [-0.2, 0) is 4.79 Å². The van der Waals surface area contributed by atoms with Gasteiger partial charge in [-0.15, -0.1) is 0 Å². The predicted octanol–water partition coefficient (Wildman–Crippen LogP) is 2.06. The third-order valence-corrected chi connectivity index (χ3v) is 3.34. The molecule has 1 aliphatic heterocycles. The van der Waals surface area contributed by atoms with Gasteiger partial charge >= 0.3 is 5.97 Å². The minimum atomic E-state index is -1.04. The molecule has 21 heavy (non-hydrogen) atoms. The molecule has 4 N–H and O–H groups in total. The lowest BCUT2D eigenvalue weighted by Gasteiger charge is -2.31. The minimum absolute atomic E-state index is 0.0876. The number of carboxylic acid groups (broad SMARTS) is 1. The third kappa shape index (κ3) is 2.27. The van der Waals surface area contributed by atoms with E-state index in [2.05, 4.69) is 5.32 Å². The average Bonchev–Trinajstić information content (AvgIpc) is 2.46. The number of benzene rings is 2. The highest BCUT2D eigenvalue weighted by molar-refractivity contribution is 6.04. The molecule has 0 bridgehead atoms. The number of amides is 1. The van der Waals surface area contributed by atoms with Gasteiger partial charge in [0, 0.05) is 0 Å². The first-order chi connectivity index (χ1) is 10.1. The van der Waals surface area contributed by atoms with Gasteiger partial charge in [0.2, 0.25) is 5.91 Å². The maximum Gasteiger partial charge on any atom is 0.335 e. The molecule has 6 heteroatoms. The van der Waals surface area contributed by atoms with E-state index < -0.39 is 5.97 Å². The summed E-state index contributed by atoms with van der Waals surface area (Å²) in [6, 6.07) is 11.8. The monoisotopic (exact) mass is 283 g/mol. The third-order valence-electron chi connectivity index (χ3n) is 3.34. The van der Waals surface area contributed by atoms with Crippen LogP contribution in [0.25, 0.3) is 0 Å². The average molecular weight is 283 g/mol. The van der Waals surface area contributed by atoms with Crippen LogP contribution in [0.5, 0.6) is 0 Å². The normalized spacial score (nSPS) is 13.5. The molecule has 2 aromatic carbocycles. The number of nitrogens with one attached hydrogen (secondary N) is 1. The van der Waals surface area contributed by atoms with Crippen molar-refractivity contribution in [1.29, 1.82) is 0 Å². The Labute approximate surface area is 120 Å². The molecule has 6 nitrogen and oxygen atoms in total. The molecule has 1 aliphatic rings. The molecular formula is C15H13N3O3. The maximum atomic E-state index is 11.8. The van der Waals surface area contributed by atoms with E-state index in [4.69, 9.17) is 10.8 Å². The Kier molecular flexibility index (Phi) is 2.98. The lowest BCUT2D eigenvalue weighted by atomic mass is 10.1. The van der Waals surface area contributed by atoms with E-state index >= 15 is 0 Å². The van der Waals surface area contributed by atoms with Gasteiger partial charge in [-0.25, -0.2) is 4.79 Å². The van der Waals surface area contributed by atoms with Crippen LogP contribution < -0.4 is 16.0 Å². The van der Waals surface area contributed by atoms with Crippen LogP contribution in [0.15, 0.2) is 42.5 Å². The van der Waals surface area contributed by atoms with Crippen LogP contribution in [0.3, 0.4) is 0 Å². The van der Waals surface area contributed by atoms with Gasteiger partial charge in [-0.1, -0.05) is 12.1 Å². The fraction of sp³-hybridized carbons (Fsp3) is 0.0667. The zero-order valence-electron chi connectivity index (χ0n) is 11.0. The van der Waals surface area contributed by atoms with E-state index in [1.165, 1.54) is 18.2 Å². The topological polar surface area (TPSA) is 95.7 Å². The van der Waals surface area contributed by atoms with Crippen LogP contribution in [0.1, 0.15) is 10.4 Å². The number of carbonyl (C=O) groups is 2. The second-order valence-corrected chi connectivity index (χ2v) is 4.73. The van der Waals surface area contributed by atoms with Crippen LogP contribution in [0.4, 0.5) is 22.7 Å². The Morgan fingerprint density at radius 1 is 1.19 bits per heavy atom. The first-order valence-corrected chi connectivity index (χ1v) is 6.35. The SMILES string of the molecule is Nc1ccc(C(=O)O)cc1N1CC(=O)Nc2ccccc21. The molecule has 0 atom stereocenters. The zero-order valence-corrected chi connectivity index (χ0v) is 11.0. The van der Waals surface area contributed by atoms with Crippen molar-refractivity contribution in [3.05, 3.63) is 48.0 Å². The summed E-state index contributed by atoms with van der Waals surface area (Å²) >= 11 is 0. The van der Waals surface area contributed by atoms with Crippen LogP contribution in [0.2, 0.25) is 0 Å². The number of para-hydroxylation sites is 2. The van der Waals surface area contributed by atoms with Gasteiger partial charge in [-0.2, -0.15) is 0 Å². The molecule has 0 saturated heterocycles. The van der Waals surface area contributed by atoms with E-state index in [1.807, 2.05) is 18.2 Å². The number of anilines is 4. The molecule has 0 fully saturated rings. The highest BCUT2D eigenvalue weighted by Gasteiger charge is 2.24. The first kappa shape index (κ1) is 13.0. The van der Waals surface area contributed by atoms with Crippen molar-refractivity contribution in [2.75, 3.05) is 22.5 Å². The Balaban J connectivity index is 2.14. The van der Waals surface area contributed by atoms with E-state index in [9.17, 15) is 9.59 Å². The van der Waals surface area contributed by atoms with Crippen molar-refractivity contribution >= 4 is 34.6 Å². The number of nitrogens with zero attached hydrogens (tertiary/aromatic N) is 1. The van der Waals surface area contributed by atoms with Crippen molar-refractivity contribution in [3.63, 3.8) is 0 Å². The van der Waals surface area contributed by atoms with Crippen molar-refractivity contribution in [2.45, 2.75) is 0 Å². The fourth-order valence-corrected chi connectivity index (χ4v) is 2.36. The summed E-state index contributed by atoms with van der Waals surface area (Å²) in [6.07, 6.45) is 0. The Hall–Kier alpha value is -3.02. The molecule has 0 unspecified atom stereocenters. The highest BCUT2D eigenvalue weighted by Crippen LogP contribution is 2.37. The molecule has 106 valence electrons. The lowest BCUT2D eigenvalue weighted by Crippen LogP contribution is -2.35. The quantitative estimate of drug-likeness (QED) is 0.733. The molecule has 1 amide bonds. The molecule has 0 spiro atoms. The summed E-state index contributed by atoms with van der Waals surface area (Å²) < 4.78 is 0. The molecule has 2 aromatic rings. The second-order valence-electron chi connectivity index (χ2n) is 4.73. The summed E-state index contributed by atoms with van der Waals surface area (Å²) in [5.41, 5.74) is 8.47. The number of carbonyl (C=O) groups excluding carboxylic acids is 1. The number of nitrogens with two attached hydrogens (primary N) is 1. The standard InChI is InChI=1S/C15H13N3O3/c16-10-6-5-9(15(20)21)7-13(10)18-8-14(19)17-11-3-1-2-4-12(11)18/h1-7H,8,16H2,(H,17,19)(H,20,21). The molecule has 0 aromatic heterocycles. The second kappa shape index (κ2) is 4.82.